The van der Waals surface area contributed by atoms with Crippen LogP contribution < -0.4 is 16.4 Å². The molecule has 7 nitrogen and oxygen atoms in total. The Morgan fingerprint density at radius 2 is 1.62 bits per heavy atom. The van der Waals surface area contributed by atoms with Gasteiger partial charge in [0.25, 0.3) is 17.4 Å². The highest BCUT2D eigenvalue weighted by molar-refractivity contribution is 7.21. The number of hydrogen-bond donors (Lipinski definition) is 2. The quantitative estimate of drug-likeness (QED) is 0.491. The molecule has 0 bridgehead atoms. The topological polar surface area (TPSA) is 93.1 Å². The first-order valence-electron chi connectivity index (χ1n) is 8.78. The molecule has 0 saturated heterocycles. The molecule has 4 rings (SSSR count). The summed E-state index contributed by atoms with van der Waals surface area (Å²) in [6.07, 6.45) is 0. The minimum atomic E-state index is -0.631. The Morgan fingerprint density at radius 3 is 2.31 bits per heavy atom. The Morgan fingerprint density at radius 1 is 1.00 bits per heavy atom. The fourth-order valence-corrected chi connectivity index (χ4v) is 4.42. The van der Waals surface area contributed by atoms with Crippen LogP contribution >= 0.6 is 22.9 Å². The van der Waals surface area contributed by atoms with Crippen molar-refractivity contribution in [3.63, 3.8) is 0 Å². The van der Waals surface area contributed by atoms with Crippen molar-refractivity contribution in [2.75, 3.05) is 0 Å². The SMILES string of the molecule is CCn1nc(C(=O)NNC(=O)c2sc3ccccc3c2Cl)c2ccccc2c1=O. The predicted octanol–water partition coefficient (Wildman–Crippen LogP) is 3.36. The van der Waals surface area contributed by atoms with Crippen LogP contribution in [0.4, 0.5) is 0 Å². The lowest BCUT2D eigenvalue weighted by Crippen LogP contribution is -2.42. The van der Waals surface area contributed by atoms with Crippen molar-refractivity contribution in [1.82, 2.24) is 20.6 Å². The summed E-state index contributed by atoms with van der Waals surface area (Å²) in [5.74, 6) is -1.16. The van der Waals surface area contributed by atoms with Gasteiger partial charge in [-0.25, -0.2) is 4.68 Å². The molecule has 0 fully saturated rings. The molecule has 0 unspecified atom stereocenters. The molecule has 0 spiro atoms. The van der Waals surface area contributed by atoms with Gasteiger partial charge in [-0.05, 0) is 19.1 Å². The van der Waals surface area contributed by atoms with Crippen LogP contribution in [0.5, 0.6) is 0 Å². The average Bonchev–Trinajstić information content (AvgIpc) is 3.09. The molecule has 9 heteroatoms. The number of carbonyl (C=O) groups is 2. The van der Waals surface area contributed by atoms with Crippen LogP contribution in [0, 0.1) is 0 Å². The van der Waals surface area contributed by atoms with Crippen molar-refractivity contribution in [3.05, 3.63) is 74.5 Å². The summed E-state index contributed by atoms with van der Waals surface area (Å²) in [5.41, 5.74) is 4.51. The number of halogens is 1. The van der Waals surface area contributed by atoms with E-state index in [9.17, 15) is 14.4 Å². The second-order valence-electron chi connectivity index (χ2n) is 6.16. The molecule has 0 aliphatic carbocycles. The molecular formula is C20H15ClN4O3S. The van der Waals surface area contributed by atoms with Crippen molar-refractivity contribution in [2.45, 2.75) is 13.5 Å². The number of amides is 2. The molecule has 2 aromatic carbocycles. The maximum atomic E-state index is 12.7. The zero-order chi connectivity index (χ0) is 20.5. The standard InChI is InChI=1S/C20H15ClN4O3S/c1-2-25-20(28)12-8-4-3-7-11(12)16(24-25)18(26)22-23-19(27)17-15(21)13-9-5-6-10-14(13)29-17/h3-10H,2H2,1H3,(H,22,26)(H,23,27). The lowest BCUT2D eigenvalue weighted by atomic mass is 10.1. The van der Waals surface area contributed by atoms with Gasteiger partial charge in [-0.15, -0.1) is 11.3 Å². The first kappa shape index (κ1) is 19.1. The van der Waals surface area contributed by atoms with E-state index in [1.54, 1.807) is 31.2 Å². The molecule has 2 N–H and O–H groups in total. The third-order valence-corrected chi connectivity index (χ3v) is 6.09. The molecule has 2 heterocycles. The number of aryl methyl sites for hydroxylation is 1. The van der Waals surface area contributed by atoms with E-state index in [2.05, 4.69) is 16.0 Å². The minimum absolute atomic E-state index is 0.0461. The van der Waals surface area contributed by atoms with Crippen molar-refractivity contribution in [3.8, 4) is 0 Å². The smallest absolute Gasteiger partial charge is 0.267 e. The Labute approximate surface area is 173 Å². The molecule has 0 saturated carbocycles. The summed E-state index contributed by atoms with van der Waals surface area (Å²) >= 11 is 7.54. The molecule has 0 radical (unpaired) electrons. The Kier molecular flexibility index (Phi) is 5.04. The van der Waals surface area contributed by atoms with Gasteiger partial charge in [0, 0.05) is 22.0 Å². The number of carbonyl (C=O) groups excluding carboxylic acids is 2. The number of fused-ring (bicyclic) bond motifs is 2. The molecule has 2 aromatic heterocycles. The summed E-state index contributed by atoms with van der Waals surface area (Å²) < 4.78 is 2.08. The number of nitrogens with one attached hydrogen (secondary N) is 2. The lowest BCUT2D eigenvalue weighted by Gasteiger charge is -2.10. The molecule has 0 atom stereocenters. The summed E-state index contributed by atoms with van der Waals surface area (Å²) in [5, 5.41) is 6.04. The van der Waals surface area contributed by atoms with Crippen LogP contribution in [0.25, 0.3) is 20.9 Å². The number of thiophene rings is 1. The average molecular weight is 427 g/mol. The molecule has 29 heavy (non-hydrogen) atoms. The van der Waals surface area contributed by atoms with Gasteiger partial charge in [0.15, 0.2) is 5.69 Å². The van der Waals surface area contributed by atoms with Gasteiger partial charge in [-0.3, -0.25) is 25.2 Å². The molecule has 2 amide bonds. The van der Waals surface area contributed by atoms with Crippen LogP contribution in [0.15, 0.2) is 53.3 Å². The van der Waals surface area contributed by atoms with Gasteiger partial charge in [-0.2, -0.15) is 5.10 Å². The van der Waals surface area contributed by atoms with Crippen molar-refractivity contribution in [1.29, 1.82) is 0 Å². The lowest BCUT2D eigenvalue weighted by molar-refractivity contribution is 0.0846. The third-order valence-electron chi connectivity index (χ3n) is 4.41. The van der Waals surface area contributed by atoms with Crippen LogP contribution in [-0.2, 0) is 6.54 Å². The first-order valence-corrected chi connectivity index (χ1v) is 9.98. The second kappa shape index (κ2) is 7.65. The number of benzene rings is 2. The highest BCUT2D eigenvalue weighted by atomic mass is 35.5. The largest absolute Gasteiger partial charge is 0.290 e. The molecule has 146 valence electrons. The zero-order valence-electron chi connectivity index (χ0n) is 15.2. The van der Waals surface area contributed by atoms with Crippen LogP contribution in [0.3, 0.4) is 0 Å². The van der Waals surface area contributed by atoms with Gasteiger partial charge >= 0.3 is 0 Å². The summed E-state index contributed by atoms with van der Waals surface area (Å²) in [6.45, 7) is 2.07. The molecule has 4 aromatic rings. The normalized spacial score (nSPS) is 11.0. The van der Waals surface area contributed by atoms with E-state index in [1.165, 1.54) is 16.0 Å². The van der Waals surface area contributed by atoms with Crippen molar-refractivity contribution in [2.24, 2.45) is 0 Å². The van der Waals surface area contributed by atoms with Gasteiger partial charge in [-0.1, -0.05) is 48.0 Å². The fourth-order valence-electron chi connectivity index (χ4n) is 3.01. The Hall–Kier alpha value is -3.23. The van der Waals surface area contributed by atoms with Crippen molar-refractivity contribution >= 4 is 55.6 Å². The first-order chi connectivity index (χ1) is 14.0. The Balaban J connectivity index is 1.61. The van der Waals surface area contributed by atoms with E-state index in [4.69, 9.17) is 11.6 Å². The van der Waals surface area contributed by atoms with Crippen LogP contribution in [0.2, 0.25) is 5.02 Å². The van der Waals surface area contributed by atoms with Crippen molar-refractivity contribution < 1.29 is 9.59 Å². The minimum Gasteiger partial charge on any atom is -0.267 e. The number of nitrogens with zero attached hydrogens (tertiary/aromatic N) is 2. The number of aromatic nitrogens is 2. The van der Waals surface area contributed by atoms with E-state index in [0.717, 1.165) is 10.1 Å². The number of hydrazine groups is 1. The monoisotopic (exact) mass is 426 g/mol. The Bertz CT molecular complexity index is 1330. The van der Waals surface area contributed by atoms with E-state index < -0.39 is 11.8 Å². The fraction of sp³-hybridized carbons (Fsp3) is 0.100. The third kappa shape index (κ3) is 3.37. The van der Waals surface area contributed by atoms with Crippen LogP contribution in [0.1, 0.15) is 27.1 Å². The van der Waals surface area contributed by atoms with Gasteiger partial charge in [0.2, 0.25) is 0 Å². The predicted molar refractivity (Wildman–Crippen MR) is 113 cm³/mol. The van der Waals surface area contributed by atoms with E-state index in [1.807, 2.05) is 24.3 Å². The molecule has 0 aliphatic rings. The van der Waals surface area contributed by atoms with E-state index >= 15 is 0 Å². The van der Waals surface area contributed by atoms with E-state index in [-0.39, 0.29) is 11.3 Å². The summed E-state index contributed by atoms with van der Waals surface area (Å²) in [7, 11) is 0. The van der Waals surface area contributed by atoms with Gasteiger partial charge in [0.05, 0.1) is 10.4 Å². The van der Waals surface area contributed by atoms with Gasteiger partial charge < -0.3 is 0 Å². The van der Waals surface area contributed by atoms with Gasteiger partial charge in [0.1, 0.15) is 4.88 Å². The highest BCUT2D eigenvalue weighted by Gasteiger charge is 2.20. The number of hydrogen-bond acceptors (Lipinski definition) is 5. The van der Waals surface area contributed by atoms with Crippen LogP contribution in [-0.4, -0.2) is 21.6 Å². The highest BCUT2D eigenvalue weighted by Crippen LogP contribution is 2.34. The zero-order valence-corrected chi connectivity index (χ0v) is 16.8. The maximum absolute atomic E-state index is 12.7. The second-order valence-corrected chi connectivity index (χ2v) is 7.59. The summed E-state index contributed by atoms with van der Waals surface area (Å²) in [4.78, 5) is 37.9. The maximum Gasteiger partial charge on any atom is 0.290 e. The summed E-state index contributed by atoms with van der Waals surface area (Å²) in [6, 6.07) is 14.1. The molecule has 0 aliphatic heterocycles. The van der Waals surface area contributed by atoms with E-state index in [0.29, 0.717) is 27.2 Å². The number of rotatable bonds is 3. The molecular weight excluding hydrogens is 412 g/mol.